The molecule has 0 radical (unpaired) electrons. The van der Waals surface area contributed by atoms with Gasteiger partial charge in [-0.15, -0.1) is 11.8 Å². The summed E-state index contributed by atoms with van der Waals surface area (Å²) in [5.74, 6) is -0.484. The highest BCUT2D eigenvalue weighted by molar-refractivity contribution is 7.99. The molecule has 0 spiro atoms. The maximum absolute atomic E-state index is 11.2. The van der Waals surface area contributed by atoms with Crippen LogP contribution in [0.25, 0.3) is 10.9 Å². The fraction of sp³-hybridized carbons (Fsp3) is 0.312. The molecule has 0 aliphatic carbocycles. The van der Waals surface area contributed by atoms with E-state index in [-0.39, 0.29) is 11.7 Å². The highest BCUT2D eigenvalue weighted by Crippen LogP contribution is 2.31. The van der Waals surface area contributed by atoms with Gasteiger partial charge in [-0.2, -0.15) is 0 Å². The van der Waals surface area contributed by atoms with E-state index in [1.165, 1.54) is 18.7 Å². The van der Waals surface area contributed by atoms with E-state index in [2.05, 4.69) is 10.3 Å². The Morgan fingerprint density at radius 1 is 1.39 bits per heavy atom. The second-order valence-electron chi connectivity index (χ2n) is 5.05. The molecule has 122 valence electrons. The molecule has 0 saturated carbocycles. The third-order valence-corrected chi connectivity index (χ3v) is 4.34. The summed E-state index contributed by atoms with van der Waals surface area (Å²) in [6.45, 7) is 3.19. The number of hydrogen-bond donors (Lipinski definition) is 2. The number of fused-ring (bicyclic) bond motifs is 1. The number of aryl methyl sites for hydroxylation is 1. The summed E-state index contributed by atoms with van der Waals surface area (Å²) < 4.78 is 5.24. The molecular formula is C16H18N2O4S. The number of benzene rings is 1. The zero-order chi connectivity index (χ0) is 17.0. The lowest BCUT2D eigenvalue weighted by atomic mass is 10.2. The zero-order valence-electron chi connectivity index (χ0n) is 13.1. The van der Waals surface area contributed by atoms with Crippen LogP contribution in [0, 0.1) is 6.92 Å². The molecule has 23 heavy (non-hydrogen) atoms. The summed E-state index contributed by atoms with van der Waals surface area (Å²) in [5, 5.41) is 12.5. The normalized spacial score (nSPS) is 12.0. The molecule has 7 heteroatoms. The van der Waals surface area contributed by atoms with Gasteiger partial charge in [-0.1, -0.05) is 0 Å². The highest BCUT2D eigenvalue weighted by Gasteiger charge is 2.19. The van der Waals surface area contributed by atoms with Crippen molar-refractivity contribution in [3.63, 3.8) is 0 Å². The molecule has 2 aromatic rings. The van der Waals surface area contributed by atoms with E-state index in [1.807, 2.05) is 31.2 Å². The molecule has 1 aromatic carbocycles. The van der Waals surface area contributed by atoms with Crippen LogP contribution in [0.3, 0.4) is 0 Å². The molecule has 0 saturated heterocycles. The van der Waals surface area contributed by atoms with Crippen LogP contribution < -0.4 is 10.1 Å². The van der Waals surface area contributed by atoms with Crippen molar-refractivity contribution in [2.24, 2.45) is 0 Å². The van der Waals surface area contributed by atoms with Gasteiger partial charge in [0.05, 0.1) is 12.6 Å². The van der Waals surface area contributed by atoms with Gasteiger partial charge in [0.1, 0.15) is 11.8 Å². The van der Waals surface area contributed by atoms with Crippen LogP contribution in [0.4, 0.5) is 0 Å². The van der Waals surface area contributed by atoms with Crippen molar-refractivity contribution >= 4 is 34.5 Å². The molecule has 0 aliphatic rings. The van der Waals surface area contributed by atoms with Gasteiger partial charge in [-0.3, -0.25) is 9.78 Å². The molecule has 2 rings (SSSR count). The van der Waals surface area contributed by atoms with E-state index >= 15 is 0 Å². The summed E-state index contributed by atoms with van der Waals surface area (Å²) in [7, 11) is 1.59. The number of rotatable bonds is 6. The number of carboxylic acid groups (broad SMARTS) is 1. The number of amides is 1. The van der Waals surface area contributed by atoms with E-state index in [1.54, 1.807) is 7.11 Å². The molecule has 1 heterocycles. The average molecular weight is 334 g/mol. The SMILES string of the molecule is COc1ccc2nc(C)cc(SC[C@@H](NC(C)=O)C(=O)O)c2c1. The van der Waals surface area contributed by atoms with Crippen molar-refractivity contribution in [3.8, 4) is 5.75 Å². The number of methoxy groups -OCH3 is 1. The minimum absolute atomic E-state index is 0.227. The van der Waals surface area contributed by atoms with Gasteiger partial charge in [0.2, 0.25) is 5.91 Å². The largest absolute Gasteiger partial charge is 0.497 e. The third-order valence-electron chi connectivity index (χ3n) is 3.19. The van der Waals surface area contributed by atoms with Crippen LogP contribution in [0.1, 0.15) is 12.6 Å². The molecular weight excluding hydrogens is 316 g/mol. The fourth-order valence-electron chi connectivity index (χ4n) is 2.14. The first-order valence-corrected chi connectivity index (χ1v) is 7.97. The van der Waals surface area contributed by atoms with Gasteiger partial charge in [0, 0.05) is 28.7 Å². The van der Waals surface area contributed by atoms with Crippen LogP contribution in [0.15, 0.2) is 29.2 Å². The number of nitrogens with zero attached hydrogens (tertiary/aromatic N) is 1. The minimum Gasteiger partial charge on any atom is -0.497 e. The van der Waals surface area contributed by atoms with E-state index in [0.29, 0.717) is 5.75 Å². The van der Waals surface area contributed by atoms with Crippen LogP contribution in [-0.2, 0) is 9.59 Å². The number of aliphatic carboxylic acids is 1. The first kappa shape index (κ1) is 17.1. The standard InChI is InChI=1S/C16H18N2O4S/c1-9-6-15(23-8-14(16(20)21)18-10(2)19)12-7-11(22-3)4-5-13(12)17-9/h4-7,14H,8H2,1-3H3,(H,18,19)(H,20,21)/t14-/m1/s1. The van der Waals surface area contributed by atoms with Gasteiger partial charge in [-0.05, 0) is 31.2 Å². The lowest BCUT2D eigenvalue weighted by molar-refractivity contribution is -0.140. The summed E-state index contributed by atoms with van der Waals surface area (Å²) in [4.78, 5) is 27.7. The van der Waals surface area contributed by atoms with E-state index < -0.39 is 12.0 Å². The number of aromatic nitrogens is 1. The predicted molar refractivity (Wildman–Crippen MR) is 89.0 cm³/mol. The van der Waals surface area contributed by atoms with Crippen molar-refractivity contribution in [2.45, 2.75) is 24.8 Å². The zero-order valence-corrected chi connectivity index (χ0v) is 13.9. The number of carbonyl (C=O) groups excluding carboxylic acids is 1. The van der Waals surface area contributed by atoms with Gasteiger partial charge in [0.25, 0.3) is 0 Å². The van der Waals surface area contributed by atoms with Gasteiger partial charge in [0.15, 0.2) is 0 Å². The second kappa shape index (κ2) is 7.32. The lowest BCUT2D eigenvalue weighted by Crippen LogP contribution is -2.41. The number of thioether (sulfide) groups is 1. The summed E-state index contributed by atoms with van der Waals surface area (Å²) in [5.41, 5.74) is 1.66. The number of carboxylic acids is 1. The maximum Gasteiger partial charge on any atom is 0.327 e. The Morgan fingerprint density at radius 2 is 2.13 bits per heavy atom. The topological polar surface area (TPSA) is 88.5 Å². The quantitative estimate of drug-likeness (QED) is 0.788. The van der Waals surface area contributed by atoms with Crippen LogP contribution in [0.2, 0.25) is 0 Å². The molecule has 1 aromatic heterocycles. The number of carbonyl (C=O) groups is 2. The summed E-state index contributed by atoms with van der Waals surface area (Å²) >= 11 is 1.37. The third kappa shape index (κ3) is 4.35. The summed E-state index contributed by atoms with van der Waals surface area (Å²) in [6.07, 6.45) is 0. The van der Waals surface area contributed by atoms with Crippen molar-refractivity contribution in [2.75, 3.05) is 12.9 Å². The van der Waals surface area contributed by atoms with Gasteiger partial charge in [-0.25, -0.2) is 4.79 Å². The Kier molecular flexibility index (Phi) is 5.44. The molecule has 0 fully saturated rings. The number of ether oxygens (including phenoxy) is 1. The Morgan fingerprint density at radius 3 is 2.74 bits per heavy atom. The van der Waals surface area contributed by atoms with Crippen molar-refractivity contribution in [1.82, 2.24) is 10.3 Å². The smallest absolute Gasteiger partial charge is 0.327 e. The fourth-order valence-corrected chi connectivity index (χ4v) is 3.28. The molecule has 6 nitrogen and oxygen atoms in total. The van der Waals surface area contributed by atoms with Gasteiger partial charge >= 0.3 is 5.97 Å². The van der Waals surface area contributed by atoms with Gasteiger partial charge < -0.3 is 15.2 Å². The molecule has 0 aliphatic heterocycles. The van der Waals surface area contributed by atoms with E-state index in [9.17, 15) is 14.7 Å². The number of nitrogens with one attached hydrogen (secondary N) is 1. The highest BCUT2D eigenvalue weighted by atomic mass is 32.2. The Hall–Kier alpha value is -2.28. The first-order valence-electron chi connectivity index (χ1n) is 6.99. The van der Waals surface area contributed by atoms with Crippen LogP contribution in [-0.4, -0.2) is 40.9 Å². The maximum atomic E-state index is 11.2. The Bertz CT molecular complexity index is 748. The first-order chi connectivity index (χ1) is 10.9. The molecule has 2 N–H and O–H groups in total. The Labute approximate surface area is 138 Å². The van der Waals surface area contributed by atoms with Crippen LogP contribution in [0.5, 0.6) is 5.75 Å². The Balaban J connectivity index is 2.30. The molecule has 0 unspecified atom stereocenters. The predicted octanol–water partition coefficient (Wildman–Crippen LogP) is 2.23. The van der Waals surface area contributed by atoms with E-state index in [4.69, 9.17) is 4.74 Å². The van der Waals surface area contributed by atoms with Crippen molar-refractivity contribution in [1.29, 1.82) is 0 Å². The van der Waals surface area contributed by atoms with Crippen LogP contribution >= 0.6 is 11.8 Å². The molecule has 1 amide bonds. The minimum atomic E-state index is -1.06. The lowest BCUT2D eigenvalue weighted by Gasteiger charge is -2.14. The number of pyridine rings is 1. The molecule has 0 bridgehead atoms. The molecule has 1 atom stereocenters. The average Bonchev–Trinajstić information content (AvgIpc) is 2.50. The van der Waals surface area contributed by atoms with Crippen molar-refractivity contribution in [3.05, 3.63) is 30.0 Å². The second-order valence-corrected chi connectivity index (χ2v) is 6.11. The van der Waals surface area contributed by atoms with Crippen molar-refractivity contribution < 1.29 is 19.4 Å². The summed E-state index contributed by atoms with van der Waals surface area (Å²) in [6, 6.07) is 6.54. The van der Waals surface area contributed by atoms with E-state index in [0.717, 1.165) is 21.5 Å². The number of hydrogen-bond acceptors (Lipinski definition) is 5. The monoisotopic (exact) mass is 334 g/mol.